The highest BCUT2D eigenvalue weighted by atomic mass is 127. The summed E-state index contributed by atoms with van der Waals surface area (Å²) in [5.74, 6) is 1.28. The number of rotatable bonds is 12. The molecule has 0 bridgehead atoms. The molecule has 3 amide bonds. The number of hydrogen-bond donors (Lipinski definition) is 3. The molecule has 3 aromatic rings. The molecule has 3 N–H and O–H groups in total. The van der Waals surface area contributed by atoms with Crippen molar-refractivity contribution in [3.05, 3.63) is 66.4 Å². The van der Waals surface area contributed by atoms with Crippen molar-refractivity contribution < 1.29 is 23.8 Å². The zero-order valence-electron chi connectivity index (χ0n) is 24.0. The first-order chi connectivity index (χ1) is 20.3. The average Bonchev–Trinajstić information content (AvgIpc) is 3.38. The Morgan fingerprint density at radius 1 is 1.07 bits per heavy atom. The number of nitrogens with one attached hydrogen (secondary N) is 3. The highest BCUT2D eigenvalue weighted by molar-refractivity contribution is 14.1. The van der Waals surface area contributed by atoms with Crippen LogP contribution in [0.1, 0.15) is 31.7 Å². The van der Waals surface area contributed by atoms with Gasteiger partial charge in [0.25, 0.3) is 5.91 Å². The SMILES string of the molecule is CCCC(I)C1=NN(c2ccc(C)cc2)C(NC(=O)Nc2ccc(Oc3ccnc(NC(=O)COC)c3)c(OC)c2)C1. The van der Waals surface area contributed by atoms with E-state index in [4.69, 9.17) is 19.3 Å². The summed E-state index contributed by atoms with van der Waals surface area (Å²) in [6.07, 6.45) is 3.91. The lowest BCUT2D eigenvalue weighted by atomic mass is 10.1. The maximum Gasteiger partial charge on any atom is 0.320 e. The number of halogens is 1. The van der Waals surface area contributed by atoms with Crippen LogP contribution >= 0.6 is 22.6 Å². The van der Waals surface area contributed by atoms with Crippen LogP contribution in [0.3, 0.4) is 0 Å². The molecule has 1 aliphatic heterocycles. The minimum atomic E-state index is -0.365. The first-order valence-corrected chi connectivity index (χ1v) is 14.8. The normalized spacial score (nSPS) is 15.0. The van der Waals surface area contributed by atoms with Crippen LogP contribution in [0.15, 0.2) is 65.9 Å². The molecule has 12 heteroatoms. The van der Waals surface area contributed by atoms with Crippen molar-refractivity contribution in [2.45, 2.75) is 43.2 Å². The number of urea groups is 1. The molecule has 11 nitrogen and oxygen atoms in total. The van der Waals surface area contributed by atoms with Gasteiger partial charge in [0.1, 0.15) is 24.3 Å². The third-order valence-corrected chi connectivity index (χ3v) is 7.70. The standard InChI is InChI=1S/C30H35IN6O5/c1-5-6-23(31)24-17-28(37(36-24)21-10-7-19(2)8-11-21)35-30(39)33-20-9-12-25(26(15-20)41-4)42-22-13-14-32-27(16-22)34-29(38)18-40-3/h7-16,23,28H,5-6,17-18H2,1-4H3,(H,32,34,38)(H2,33,35,39). The molecule has 2 aromatic carbocycles. The highest BCUT2D eigenvalue weighted by Crippen LogP contribution is 2.34. The van der Waals surface area contributed by atoms with Gasteiger partial charge in [-0.25, -0.2) is 14.8 Å². The zero-order valence-corrected chi connectivity index (χ0v) is 26.2. The van der Waals surface area contributed by atoms with Gasteiger partial charge >= 0.3 is 6.03 Å². The van der Waals surface area contributed by atoms with E-state index in [1.165, 1.54) is 20.4 Å². The second-order valence-electron chi connectivity index (χ2n) is 9.67. The minimum Gasteiger partial charge on any atom is -0.493 e. The number of aryl methyl sites for hydroxylation is 1. The number of carbonyl (C=O) groups excluding carboxylic acids is 2. The molecule has 0 saturated heterocycles. The number of hydrogen-bond acceptors (Lipinski definition) is 8. The van der Waals surface area contributed by atoms with E-state index in [1.54, 1.807) is 30.3 Å². The first-order valence-electron chi connectivity index (χ1n) is 13.5. The predicted molar refractivity (Wildman–Crippen MR) is 172 cm³/mol. The lowest BCUT2D eigenvalue weighted by molar-refractivity contribution is -0.119. The van der Waals surface area contributed by atoms with E-state index in [1.807, 2.05) is 36.2 Å². The van der Waals surface area contributed by atoms with Crippen molar-refractivity contribution in [3.63, 3.8) is 0 Å². The highest BCUT2D eigenvalue weighted by Gasteiger charge is 2.31. The van der Waals surface area contributed by atoms with Gasteiger partial charge in [-0.2, -0.15) is 5.10 Å². The first kappa shape index (κ1) is 31.0. The number of alkyl halides is 1. The second-order valence-corrected chi connectivity index (χ2v) is 11.2. The fourth-order valence-corrected chi connectivity index (χ4v) is 5.32. The summed E-state index contributed by atoms with van der Waals surface area (Å²) in [5.41, 5.74) is 3.66. The van der Waals surface area contributed by atoms with Gasteiger partial charge in [-0.05, 0) is 43.7 Å². The van der Waals surface area contributed by atoms with E-state index in [2.05, 4.69) is 50.4 Å². The van der Waals surface area contributed by atoms with Gasteiger partial charge in [-0.1, -0.05) is 53.6 Å². The monoisotopic (exact) mass is 686 g/mol. The van der Waals surface area contributed by atoms with E-state index >= 15 is 0 Å². The van der Waals surface area contributed by atoms with Gasteiger partial charge < -0.3 is 30.2 Å². The Morgan fingerprint density at radius 3 is 2.57 bits per heavy atom. The number of ether oxygens (including phenoxy) is 3. The molecular weight excluding hydrogens is 651 g/mol. The fraction of sp³-hybridized carbons (Fsp3) is 0.333. The summed E-state index contributed by atoms with van der Waals surface area (Å²) in [6, 6.07) is 16.1. The van der Waals surface area contributed by atoms with Crippen LogP contribution in [0.4, 0.5) is 22.0 Å². The number of anilines is 3. The van der Waals surface area contributed by atoms with Gasteiger partial charge in [-0.15, -0.1) is 0 Å². The Hall–Kier alpha value is -3.91. The maximum absolute atomic E-state index is 13.1. The summed E-state index contributed by atoms with van der Waals surface area (Å²) >= 11 is 2.43. The summed E-state index contributed by atoms with van der Waals surface area (Å²) in [4.78, 5) is 29.1. The molecule has 0 saturated carbocycles. The quantitative estimate of drug-likeness (QED) is 0.156. The van der Waals surface area contributed by atoms with E-state index in [9.17, 15) is 9.59 Å². The summed E-state index contributed by atoms with van der Waals surface area (Å²) in [5, 5.41) is 15.4. The molecule has 0 aliphatic carbocycles. The molecule has 2 heterocycles. The third-order valence-electron chi connectivity index (χ3n) is 6.36. The molecular formula is C30H35IN6O5. The topological polar surface area (TPSA) is 126 Å². The Bertz CT molecular complexity index is 1420. The number of nitrogens with zero attached hydrogens (tertiary/aromatic N) is 3. The molecule has 0 spiro atoms. The molecule has 4 rings (SSSR count). The van der Waals surface area contributed by atoms with Gasteiger partial charge in [0.15, 0.2) is 11.5 Å². The molecule has 1 aliphatic rings. The number of aromatic nitrogens is 1. The molecule has 42 heavy (non-hydrogen) atoms. The van der Waals surface area contributed by atoms with Crippen LogP contribution in [-0.4, -0.2) is 53.6 Å². The molecule has 222 valence electrons. The molecule has 0 radical (unpaired) electrons. The van der Waals surface area contributed by atoms with Crippen molar-refractivity contribution in [3.8, 4) is 17.2 Å². The number of amides is 3. The molecule has 2 unspecified atom stereocenters. The van der Waals surface area contributed by atoms with Crippen LogP contribution in [0.25, 0.3) is 0 Å². The fourth-order valence-electron chi connectivity index (χ4n) is 4.32. The molecule has 2 atom stereocenters. The Morgan fingerprint density at radius 2 is 1.86 bits per heavy atom. The van der Waals surface area contributed by atoms with Crippen molar-refractivity contribution in [1.29, 1.82) is 0 Å². The Labute approximate surface area is 259 Å². The second kappa shape index (κ2) is 14.8. The summed E-state index contributed by atoms with van der Waals surface area (Å²) < 4.78 is 16.6. The van der Waals surface area contributed by atoms with Gasteiger partial charge in [0.2, 0.25) is 0 Å². The largest absolute Gasteiger partial charge is 0.493 e. The zero-order chi connectivity index (χ0) is 30.1. The van der Waals surface area contributed by atoms with Crippen molar-refractivity contribution >= 4 is 57.4 Å². The Balaban J connectivity index is 1.43. The average molecular weight is 687 g/mol. The molecule has 1 aromatic heterocycles. The minimum absolute atomic E-state index is 0.0841. The summed E-state index contributed by atoms with van der Waals surface area (Å²) in [6.45, 7) is 4.11. The van der Waals surface area contributed by atoms with Crippen LogP contribution in [-0.2, 0) is 9.53 Å². The third kappa shape index (κ3) is 8.32. The Kier molecular flexibility index (Phi) is 11.0. The summed E-state index contributed by atoms with van der Waals surface area (Å²) in [7, 11) is 2.96. The number of hydrazone groups is 1. The van der Waals surface area contributed by atoms with Crippen molar-refractivity contribution in [1.82, 2.24) is 10.3 Å². The van der Waals surface area contributed by atoms with Crippen LogP contribution < -0.4 is 30.4 Å². The van der Waals surface area contributed by atoms with Crippen molar-refractivity contribution in [2.75, 3.05) is 36.5 Å². The van der Waals surface area contributed by atoms with Gasteiger partial charge in [0, 0.05) is 37.5 Å². The van der Waals surface area contributed by atoms with Gasteiger partial charge in [0.05, 0.1) is 22.4 Å². The predicted octanol–water partition coefficient (Wildman–Crippen LogP) is 6.09. The van der Waals surface area contributed by atoms with Gasteiger partial charge in [-0.3, -0.25) is 4.79 Å². The maximum atomic E-state index is 13.1. The number of methoxy groups -OCH3 is 2. The van der Waals surface area contributed by atoms with E-state index in [0.717, 1.165) is 29.8 Å². The van der Waals surface area contributed by atoms with Crippen molar-refractivity contribution in [2.24, 2.45) is 5.10 Å². The van der Waals surface area contributed by atoms with E-state index < -0.39 is 0 Å². The van der Waals surface area contributed by atoms with E-state index in [-0.39, 0.29) is 24.7 Å². The van der Waals surface area contributed by atoms with Crippen LogP contribution in [0.5, 0.6) is 17.2 Å². The number of carbonyl (C=O) groups is 2. The number of pyridine rings is 1. The lowest BCUT2D eigenvalue weighted by Crippen LogP contribution is -2.45. The van der Waals surface area contributed by atoms with Crippen LogP contribution in [0.2, 0.25) is 0 Å². The molecule has 0 fully saturated rings. The lowest BCUT2D eigenvalue weighted by Gasteiger charge is -2.24. The van der Waals surface area contributed by atoms with E-state index in [0.29, 0.717) is 39.1 Å². The number of benzene rings is 2. The van der Waals surface area contributed by atoms with Crippen LogP contribution in [0, 0.1) is 6.92 Å². The smallest absolute Gasteiger partial charge is 0.320 e.